The Kier molecular flexibility index (Phi) is 5.93. The highest BCUT2D eigenvalue weighted by molar-refractivity contribution is 7.14. The Balaban J connectivity index is 1.52. The molecule has 5 rings (SSSR count). The number of amides is 1. The number of pyridine rings is 1. The van der Waals surface area contributed by atoms with Gasteiger partial charge in [0.1, 0.15) is 0 Å². The molecule has 0 bridgehead atoms. The summed E-state index contributed by atoms with van der Waals surface area (Å²) in [6.45, 7) is 0. The van der Waals surface area contributed by atoms with E-state index >= 15 is 0 Å². The minimum absolute atomic E-state index is 0.241. The molecule has 0 saturated carbocycles. The van der Waals surface area contributed by atoms with Gasteiger partial charge < -0.3 is 9.47 Å². The second-order valence-corrected chi connectivity index (χ2v) is 8.36. The third kappa shape index (κ3) is 4.21. The maximum absolute atomic E-state index is 13.4. The lowest BCUT2D eigenvalue weighted by Gasteiger charge is -2.12. The fraction of sp³-hybridized carbons (Fsp3) is 0.0741. The van der Waals surface area contributed by atoms with Crippen molar-refractivity contribution in [2.75, 3.05) is 19.5 Å². The molecule has 6 nitrogen and oxygen atoms in total. The van der Waals surface area contributed by atoms with Gasteiger partial charge in [-0.25, -0.2) is 9.97 Å². The van der Waals surface area contributed by atoms with E-state index in [9.17, 15) is 4.79 Å². The standard InChI is InChI=1S/C27H21N3O3S/c1-32-24-13-12-18(14-25(24)33-2)22-15-20(19-10-6-7-11-21(19)28-22)26(31)30-27-29-23(16-34-27)17-8-4-3-5-9-17/h3-16H,1-2H3,(H,29,30,31). The smallest absolute Gasteiger partial charge is 0.258 e. The van der Waals surface area contributed by atoms with Gasteiger partial charge in [-0.3, -0.25) is 10.1 Å². The third-order valence-corrected chi connectivity index (χ3v) is 6.19. The molecule has 5 aromatic rings. The van der Waals surface area contributed by atoms with Crippen LogP contribution in [0, 0.1) is 0 Å². The first-order valence-corrected chi connectivity index (χ1v) is 11.5. The van der Waals surface area contributed by atoms with Crippen LogP contribution >= 0.6 is 11.3 Å². The van der Waals surface area contributed by atoms with Crippen LogP contribution in [0.2, 0.25) is 0 Å². The van der Waals surface area contributed by atoms with Gasteiger partial charge in [0.2, 0.25) is 0 Å². The molecule has 0 unspecified atom stereocenters. The largest absolute Gasteiger partial charge is 0.493 e. The van der Waals surface area contributed by atoms with Gasteiger partial charge in [0, 0.05) is 21.9 Å². The quantitative estimate of drug-likeness (QED) is 0.317. The molecule has 2 aromatic heterocycles. The molecule has 0 spiro atoms. The van der Waals surface area contributed by atoms with Crippen LogP contribution in [0.4, 0.5) is 5.13 Å². The van der Waals surface area contributed by atoms with Gasteiger partial charge in [0.15, 0.2) is 16.6 Å². The number of para-hydroxylation sites is 1. The number of thiazole rings is 1. The number of hydrogen-bond donors (Lipinski definition) is 1. The number of fused-ring (bicyclic) bond motifs is 1. The number of rotatable bonds is 6. The molecular formula is C27H21N3O3S. The molecule has 1 N–H and O–H groups in total. The molecule has 0 aliphatic carbocycles. The van der Waals surface area contributed by atoms with Crippen LogP contribution in [0.3, 0.4) is 0 Å². The average molecular weight is 468 g/mol. The summed E-state index contributed by atoms with van der Waals surface area (Å²) >= 11 is 1.39. The molecule has 0 aliphatic heterocycles. The van der Waals surface area contributed by atoms with E-state index in [1.807, 2.05) is 78.2 Å². The van der Waals surface area contributed by atoms with Gasteiger partial charge in [-0.05, 0) is 30.3 Å². The number of nitrogens with one attached hydrogen (secondary N) is 1. The molecule has 0 saturated heterocycles. The van der Waals surface area contributed by atoms with E-state index in [1.54, 1.807) is 20.3 Å². The van der Waals surface area contributed by atoms with Crippen molar-refractivity contribution in [2.45, 2.75) is 0 Å². The molecular weight excluding hydrogens is 446 g/mol. The number of hydrogen-bond acceptors (Lipinski definition) is 6. The van der Waals surface area contributed by atoms with Gasteiger partial charge in [-0.2, -0.15) is 0 Å². The van der Waals surface area contributed by atoms with Gasteiger partial charge in [-0.1, -0.05) is 48.5 Å². The Morgan fingerprint density at radius 3 is 2.35 bits per heavy atom. The van der Waals surface area contributed by atoms with Crippen LogP contribution in [0.15, 0.2) is 84.2 Å². The molecule has 2 heterocycles. The lowest BCUT2D eigenvalue weighted by molar-refractivity contribution is 0.102. The molecule has 0 aliphatic rings. The van der Waals surface area contributed by atoms with Crippen molar-refractivity contribution in [3.8, 4) is 34.0 Å². The summed E-state index contributed by atoms with van der Waals surface area (Å²) in [7, 11) is 3.18. The Bertz CT molecular complexity index is 1480. The molecule has 34 heavy (non-hydrogen) atoms. The van der Waals surface area contributed by atoms with Crippen LogP contribution in [0.25, 0.3) is 33.4 Å². The first-order valence-electron chi connectivity index (χ1n) is 10.6. The second kappa shape index (κ2) is 9.33. The highest BCUT2D eigenvalue weighted by Gasteiger charge is 2.17. The van der Waals surface area contributed by atoms with Gasteiger partial charge >= 0.3 is 0 Å². The zero-order chi connectivity index (χ0) is 23.5. The average Bonchev–Trinajstić information content (AvgIpc) is 3.36. The number of benzene rings is 3. The Hall–Kier alpha value is -4.23. The third-order valence-electron chi connectivity index (χ3n) is 5.43. The minimum Gasteiger partial charge on any atom is -0.493 e. The molecule has 7 heteroatoms. The lowest BCUT2D eigenvalue weighted by atomic mass is 10.0. The highest BCUT2D eigenvalue weighted by Crippen LogP contribution is 2.33. The SMILES string of the molecule is COc1ccc(-c2cc(C(=O)Nc3nc(-c4ccccc4)cs3)c3ccccc3n2)cc1OC. The normalized spacial score (nSPS) is 10.8. The fourth-order valence-corrected chi connectivity index (χ4v) is 4.46. The predicted molar refractivity (Wildman–Crippen MR) is 136 cm³/mol. The maximum atomic E-state index is 13.4. The lowest BCUT2D eigenvalue weighted by Crippen LogP contribution is -2.13. The van der Waals surface area contributed by atoms with Crippen molar-refractivity contribution in [1.29, 1.82) is 0 Å². The van der Waals surface area contributed by atoms with Crippen LogP contribution in [0.1, 0.15) is 10.4 Å². The molecule has 0 radical (unpaired) electrons. The topological polar surface area (TPSA) is 73.3 Å². The first-order chi connectivity index (χ1) is 16.7. The fourth-order valence-electron chi connectivity index (χ4n) is 3.74. The summed E-state index contributed by atoms with van der Waals surface area (Å²) in [5.41, 5.74) is 4.55. The molecule has 1 amide bonds. The Morgan fingerprint density at radius 2 is 1.56 bits per heavy atom. The van der Waals surface area contributed by atoms with Crippen molar-refractivity contribution >= 4 is 33.3 Å². The van der Waals surface area contributed by atoms with E-state index in [2.05, 4.69) is 10.3 Å². The summed E-state index contributed by atoms with van der Waals surface area (Å²) in [5, 5.41) is 6.20. The molecule has 3 aromatic carbocycles. The number of nitrogens with zero attached hydrogens (tertiary/aromatic N) is 2. The Morgan fingerprint density at radius 1 is 0.794 bits per heavy atom. The number of aromatic nitrogens is 2. The summed E-state index contributed by atoms with van der Waals surface area (Å²) in [6.07, 6.45) is 0. The van der Waals surface area contributed by atoms with E-state index in [4.69, 9.17) is 14.5 Å². The van der Waals surface area contributed by atoms with E-state index in [1.165, 1.54) is 11.3 Å². The second-order valence-electron chi connectivity index (χ2n) is 7.50. The van der Waals surface area contributed by atoms with Crippen LogP contribution in [-0.4, -0.2) is 30.1 Å². The summed E-state index contributed by atoms with van der Waals surface area (Å²) in [5.74, 6) is 0.981. The highest BCUT2D eigenvalue weighted by atomic mass is 32.1. The summed E-state index contributed by atoms with van der Waals surface area (Å²) in [6, 6.07) is 24.8. The maximum Gasteiger partial charge on any atom is 0.258 e. The number of methoxy groups -OCH3 is 2. The Labute approximate surface area is 200 Å². The number of carbonyl (C=O) groups is 1. The zero-order valence-electron chi connectivity index (χ0n) is 18.6. The minimum atomic E-state index is -0.241. The van der Waals surface area contributed by atoms with Gasteiger partial charge in [0.05, 0.1) is 36.7 Å². The van der Waals surface area contributed by atoms with E-state index in [0.717, 1.165) is 27.7 Å². The first kappa shape index (κ1) is 21.6. The molecule has 168 valence electrons. The number of anilines is 1. The monoisotopic (exact) mass is 467 g/mol. The zero-order valence-corrected chi connectivity index (χ0v) is 19.4. The van der Waals surface area contributed by atoms with E-state index in [0.29, 0.717) is 27.9 Å². The van der Waals surface area contributed by atoms with Crippen LogP contribution in [0.5, 0.6) is 11.5 Å². The van der Waals surface area contributed by atoms with E-state index in [-0.39, 0.29) is 5.91 Å². The van der Waals surface area contributed by atoms with Crippen LogP contribution in [-0.2, 0) is 0 Å². The summed E-state index contributed by atoms with van der Waals surface area (Å²) in [4.78, 5) is 22.7. The molecule has 0 atom stereocenters. The van der Waals surface area contributed by atoms with E-state index < -0.39 is 0 Å². The van der Waals surface area contributed by atoms with Crippen molar-refractivity contribution < 1.29 is 14.3 Å². The number of ether oxygens (including phenoxy) is 2. The van der Waals surface area contributed by atoms with Crippen LogP contribution < -0.4 is 14.8 Å². The van der Waals surface area contributed by atoms with Gasteiger partial charge in [0.25, 0.3) is 5.91 Å². The van der Waals surface area contributed by atoms with Crippen molar-refractivity contribution in [2.24, 2.45) is 0 Å². The van der Waals surface area contributed by atoms with Crippen molar-refractivity contribution in [3.63, 3.8) is 0 Å². The van der Waals surface area contributed by atoms with Crippen molar-refractivity contribution in [3.05, 3.63) is 89.8 Å². The molecule has 0 fully saturated rings. The summed E-state index contributed by atoms with van der Waals surface area (Å²) < 4.78 is 10.8. The van der Waals surface area contributed by atoms with Gasteiger partial charge in [-0.15, -0.1) is 11.3 Å². The van der Waals surface area contributed by atoms with Crippen molar-refractivity contribution in [1.82, 2.24) is 9.97 Å². The predicted octanol–water partition coefficient (Wildman–Crippen LogP) is 6.29. The number of carbonyl (C=O) groups excluding carboxylic acids is 1.